The van der Waals surface area contributed by atoms with Crippen LogP contribution in [0.25, 0.3) is 0 Å². The topological polar surface area (TPSA) is 70.1 Å². The molecule has 1 aromatic heterocycles. The average molecular weight is 297 g/mol. The fourth-order valence-electron chi connectivity index (χ4n) is 1.42. The highest BCUT2D eigenvalue weighted by Gasteiger charge is 2.01. The molecule has 0 unspecified atom stereocenters. The van der Waals surface area contributed by atoms with E-state index < -0.39 is 0 Å². The van der Waals surface area contributed by atoms with Crippen molar-refractivity contribution >= 4 is 35.4 Å². The van der Waals surface area contributed by atoms with Crippen LogP contribution in [0.1, 0.15) is 11.3 Å². The molecule has 19 heavy (non-hydrogen) atoms. The summed E-state index contributed by atoms with van der Waals surface area (Å²) in [7, 11) is 0. The van der Waals surface area contributed by atoms with Gasteiger partial charge in [-0.1, -0.05) is 35.3 Å². The van der Waals surface area contributed by atoms with Gasteiger partial charge >= 0.3 is 0 Å². The van der Waals surface area contributed by atoms with Gasteiger partial charge in [-0.05, 0) is 13.0 Å². The number of hydrogen-bond acceptors (Lipinski definition) is 4. The van der Waals surface area contributed by atoms with Crippen molar-refractivity contribution in [2.75, 3.05) is 5.43 Å². The van der Waals surface area contributed by atoms with Gasteiger partial charge in [0.05, 0.1) is 16.3 Å². The highest BCUT2D eigenvalue weighted by molar-refractivity contribution is 6.43. The molecule has 7 heteroatoms. The highest BCUT2D eigenvalue weighted by atomic mass is 35.5. The van der Waals surface area contributed by atoms with Gasteiger partial charge < -0.3 is 0 Å². The van der Waals surface area contributed by atoms with E-state index in [4.69, 9.17) is 23.2 Å². The molecule has 0 fully saturated rings. The Kier molecular flexibility index (Phi) is 4.19. The zero-order valence-corrected chi connectivity index (χ0v) is 11.5. The third-order valence-corrected chi connectivity index (χ3v) is 3.06. The molecule has 0 amide bonds. The molecule has 2 rings (SSSR count). The van der Waals surface area contributed by atoms with Gasteiger partial charge in [0.15, 0.2) is 0 Å². The van der Waals surface area contributed by atoms with Crippen molar-refractivity contribution in [1.82, 2.24) is 9.97 Å². The number of benzene rings is 1. The quantitative estimate of drug-likeness (QED) is 0.676. The van der Waals surface area contributed by atoms with Gasteiger partial charge in [0.25, 0.3) is 5.56 Å². The van der Waals surface area contributed by atoms with Crippen LogP contribution < -0.4 is 11.0 Å². The summed E-state index contributed by atoms with van der Waals surface area (Å²) in [5, 5.41) is 4.81. The number of nitrogens with one attached hydrogen (secondary N) is 2. The number of aromatic amines is 1. The Morgan fingerprint density at radius 2 is 2.21 bits per heavy atom. The van der Waals surface area contributed by atoms with Crippen molar-refractivity contribution in [3.8, 4) is 0 Å². The van der Waals surface area contributed by atoms with E-state index in [2.05, 4.69) is 20.5 Å². The molecule has 98 valence electrons. The molecule has 0 saturated carbocycles. The molecule has 0 saturated heterocycles. The molecule has 0 radical (unpaired) electrons. The molecular formula is C12H10Cl2N4O. The largest absolute Gasteiger partial charge is 0.291 e. The third-order valence-electron chi connectivity index (χ3n) is 2.23. The Morgan fingerprint density at radius 3 is 2.95 bits per heavy atom. The number of nitrogens with zero attached hydrogens (tertiary/aromatic N) is 2. The molecule has 2 aromatic rings. The van der Waals surface area contributed by atoms with Gasteiger partial charge in [-0.15, -0.1) is 0 Å². The van der Waals surface area contributed by atoms with Crippen LogP contribution in [0.5, 0.6) is 0 Å². The fourth-order valence-corrected chi connectivity index (χ4v) is 1.77. The SMILES string of the molecule is Cc1cc(=O)[nH]c(N/N=C/c2cccc(Cl)c2Cl)n1. The first-order valence-corrected chi connectivity index (χ1v) is 6.13. The lowest BCUT2D eigenvalue weighted by Crippen LogP contribution is -2.10. The maximum Gasteiger partial charge on any atom is 0.252 e. The van der Waals surface area contributed by atoms with Crippen molar-refractivity contribution in [2.24, 2.45) is 5.10 Å². The Morgan fingerprint density at radius 1 is 1.42 bits per heavy atom. The number of hydrazone groups is 1. The maximum absolute atomic E-state index is 11.2. The summed E-state index contributed by atoms with van der Waals surface area (Å²) in [6, 6.07) is 6.62. The summed E-state index contributed by atoms with van der Waals surface area (Å²) in [4.78, 5) is 17.8. The lowest BCUT2D eigenvalue weighted by atomic mass is 10.2. The van der Waals surface area contributed by atoms with Crippen molar-refractivity contribution in [1.29, 1.82) is 0 Å². The molecule has 5 nitrogen and oxygen atoms in total. The maximum atomic E-state index is 11.2. The van der Waals surface area contributed by atoms with Gasteiger partial charge in [-0.3, -0.25) is 9.78 Å². The summed E-state index contributed by atoms with van der Waals surface area (Å²) in [6.07, 6.45) is 1.50. The third kappa shape index (κ3) is 3.56. The van der Waals surface area contributed by atoms with E-state index in [0.29, 0.717) is 21.3 Å². The first kappa shape index (κ1) is 13.6. The second-order valence-electron chi connectivity index (χ2n) is 3.75. The summed E-state index contributed by atoms with van der Waals surface area (Å²) in [5.41, 5.74) is 3.64. The van der Waals surface area contributed by atoms with E-state index in [1.165, 1.54) is 12.3 Å². The molecule has 0 atom stereocenters. The standard InChI is InChI=1S/C12H10Cl2N4O/c1-7-5-10(19)17-12(16-7)18-15-6-8-3-2-4-9(13)11(8)14/h2-6H,1H3,(H2,16,17,18,19)/b15-6+. The van der Waals surface area contributed by atoms with E-state index in [-0.39, 0.29) is 11.5 Å². The first-order valence-electron chi connectivity index (χ1n) is 5.37. The Labute approximate surface area is 119 Å². The van der Waals surface area contributed by atoms with Crippen molar-refractivity contribution in [3.63, 3.8) is 0 Å². The van der Waals surface area contributed by atoms with Crippen LogP contribution in [0.3, 0.4) is 0 Å². The fraction of sp³-hybridized carbons (Fsp3) is 0.0833. The summed E-state index contributed by atoms with van der Waals surface area (Å²) in [5.74, 6) is 0.263. The van der Waals surface area contributed by atoms with Gasteiger partial charge in [0.2, 0.25) is 5.95 Å². The first-order chi connectivity index (χ1) is 9.06. The molecule has 1 aromatic carbocycles. The second-order valence-corrected chi connectivity index (χ2v) is 4.53. The van der Waals surface area contributed by atoms with Crippen LogP contribution in [0.15, 0.2) is 34.2 Å². The molecule has 2 N–H and O–H groups in total. The number of rotatable bonds is 3. The molecule has 0 aliphatic heterocycles. The molecule has 1 heterocycles. The smallest absolute Gasteiger partial charge is 0.252 e. The van der Waals surface area contributed by atoms with Crippen LogP contribution >= 0.6 is 23.2 Å². The van der Waals surface area contributed by atoms with Crippen LogP contribution in [-0.2, 0) is 0 Å². The van der Waals surface area contributed by atoms with Crippen LogP contribution in [-0.4, -0.2) is 16.2 Å². The van der Waals surface area contributed by atoms with E-state index in [1.807, 2.05) is 0 Å². The van der Waals surface area contributed by atoms with Gasteiger partial charge in [-0.2, -0.15) is 5.10 Å². The number of anilines is 1. The van der Waals surface area contributed by atoms with Crippen molar-refractivity contribution < 1.29 is 0 Å². The molecule has 0 bridgehead atoms. The lowest BCUT2D eigenvalue weighted by Gasteiger charge is -2.01. The monoisotopic (exact) mass is 296 g/mol. The van der Waals surface area contributed by atoms with Crippen molar-refractivity contribution in [2.45, 2.75) is 6.92 Å². The minimum atomic E-state index is -0.244. The number of halogens is 2. The Bertz CT molecular complexity index is 682. The number of aryl methyl sites for hydroxylation is 1. The van der Waals surface area contributed by atoms with Crippen LogP contribution in [0.2, 0.25) is 10.0 Å². The van der Waals surface area contributed by atoms with E-state index in [9.17, 15) is 4.79 Å². The highest BCUT2D eigenvalue weighted by Crippen LogP contribution is 2.24. The van der Waals surface area contributed by atoms with Gasteiger partial charge in [-0.25, -0.2) is 10.4 Å². The Hall–Kier alpha value is -1.85. The van der Waals surface area contributed by atoms with E-state index >= 15 is 0 Å². The number of aromatic nitrogens is 2. The number of hydrogen-bond donors (Lipinski definition) is 2. The number of H-pyrrole nitrogens is 1. The van der Waals surface area contributed by atoms with Crippen molar-refractivity contribution in [3.05, 3.63) is 55.9 Å². The summed E-state index contributed by atoms with van der Waals surface area (Å²) < 4.78 is 0. The average Bonchev–Trinajstić information content (AvgIpc) is 2.33. The molecule has 0 spiro atoms. The summed E-state index contributed by atoms with van der Waals surface area (Å²) in [6.45, 7) is 1.72. The predicted molar refractivity (Wildman–Crippen MR) is 77.3 cm³/mol. The van der Waals surface area contributed by atoms with Gasteiger partial charge in [0, 0.05) is 17.3 Å². The minimum absolute atomic E-state index is 0.244. The lowest BCUT2D eigenvalue weighted by molar-refractivity contribution is 1.04. The van der Waals surface area contributed by atoms with Crippen LogP contribution in [0.4, 0.5) is 5.95 Å². The Balaban J connectivity index is 2.16. The van der Waals surface area contributed by atoms with E-state index in [1.54, 1.807) is 25.1 Å². The second kappa shape index (κ2) is 5.86. The molecular weight excluding hydrogens is 287 g/mol. The van der Waals surface area contributed by atoms with Crippen LogP contribution in [0, 0.1) is 6.92 Å². The molecule has 0 aliphatic rings. The zero-order valence-electron chi connectivity index (χ0n) is 9.95. The normalized spacial score (nSPS) is 10.9. The molecule has 0 aliphatic carbocycles. The summed E-state index contributed by atoms with van der Waals surface area (Å²) >= 11 is 11.9. The zero-order chi connectivity index (χ0) is 13.8. The predicted octanol–water partition coefficient (Wildman–Crippen LogP) is 2.83. The van der Waals surface area contributed by atoms with E-state index in [0.717, 1.165) is 0 Å². The van der Waals surface area contributed by atoms with Gasteiger partial charge in [0.1, 0.15) is 0 Å². The minimum Gasteiger partial charge on any atom is -0.291 e.